The van der Waals surface area contributed by atoms with Crippen LogP contribution >= 0.6 is 0 Å². The van der Waals surface area contributed by atoms with Crippen LogP contribution in [0.15, 0.2) is 60.7 Å². The summed E-state index contributed by atoms with van der Waals surface area (Å²) >= 11 is 0. The average Bonchev–Trinajstić information content (AvgIpc) is 2.82. The van der Waals surface area contributed by atoms with E-state index in [4.69, 9.17) is 4.74 Å². The lowest BCUT2D eigenvalue weighted by Crippen LogP contribution is -2.42. The van der Waals surface area contributed by atoms with E-state index in [1.54, 1.807) is 0 Å². The molecule has 0 spiro atoms. The molecule has 0 radical (unpaired) electrons. The molecule has 1 atom stereocenters. The van der Waals surface area contributed by atoms with E-state index < -0.39 is 12.1 Å². The number of hydrogen-bond donors (Lipinski definition) is 2. The number of piperidine rings is 1. The molecular formula is C26H35N3O3. The van der Waals surface area contributed by atoms with E-state index in [9.17, 15) is 9.59 Å². The number of carbonyl (C=O) groups excluding carboxylic acids is 2. The maximum atomic E-state index is 12.9. The largest absolute Gasteiger partial charge is 0.445 e. The Morgan fingerprint density at radius 2 is 1.62 bits per heavy atom. The number of alkyl carbamates (subject to hydrolysis) is 1. The SMILES string of the molecule is CC(C)N1CCC(CCNC(=O)[C@H](NC(=O)OCc2ccccc2)c2ccccc2)CC1. The molecule has 1 fully saturated rings. The van der Waals surface area contributed by atoms with Gasteiger partial charge in [-0.2, -0.15) is 0 Å². The number of hydrogen-bond acceptors (Lipinski definition) is 4. The molecule has 2 N–H and O–H groups in total. The molecule has 32 heavy (non-hydrogen) atoms. The molecule has 0 saturated carbocycles. The van der Waals surface area contributed by atoms with Crippen molar-refractivity contribution in [3.05, 3.63) is 71.8 Å². The van der Waals surface area contributed by atoms with Crippen LogP contribution in [0.1, 0.15) is 50.3 Å². The molecule has 1 aliphatic heterocycles. The zero-order chi connectivity index (χ0) is 22.8. The molecule has 6 nitrogen and oxygen atoms in total. The van der Waals surface area contributed by atoms with Crippen LogP contribution in [-0.4, -0.2) is 42.6 Å². The van der Waals surface area contributed by atoms with Gasteiger partial charge in [-0.1, -0.05) is 60.7 Å². The predicted octanol–water partition coefficient (Wildman–Crippen LogP) is 4.28. The number of ether oxygens (including phenoxy) is 1. The average molecular weight is 438 g/mol. The van der Waals surface area contributed by atoms with Gasteiger partial charge in [0.25, 0.3) is 0 Å². The van der Waals surface area contributed by atoms with Gasteiger partial charge in [0.1, 0.15) is 12.6 Å². The van der Waals surface area contributed by atoms with E-state index in [1.807, 2.05) is 60.7 Å². The van der Waals surface area contributed by atoms with Crippen LogP contribution in [0.4, 0.5) is 4.79 Å². The van der Waals surface area contributed by atoms with Gasteiger partial charge in [0.2, 0.25) is 5.91 Å². The number of rotatable bonds is 9. The Hall–Kier alpha value is -2.86. The highest BCUT2D eigenvalue weighted by Crippen LogP contribution is 2.21. The molecule has 1 heterocycles. The van der Waals surface area contributed by atoms with Gasteiger partial charge < -0.3 is 20.3 Å². The summed E-state index contributed by atoms with van der Waals surface area (Å²) in [6.45, 7) is 7.49. The number of carbonyl (C=O) groups is 2. The Kier molecular flexibility index (Phi) is 9.11. The van der Waals surface area contributed by atoms with Crippen LogP contribution < -0.4 is 10.6 Å². The summed E-state index contributed by atoms with van der Waals surface area (Å²) in [5, 5.41) is 5.75. The molecule has 1 saturated heterocycles. The molecule has 0 bridgehead atoms. The van der Waals surface area contributed by atoms with Gasteiger partial charge >= 0.3 is 6.09 Å². The van der Waals surface area contributed by atoms with Gasteiger partial charge in [-0.25, -0.2) is 4.79 Å². The van der Waals surface area contributed by atoms with Crippen molar-refractivity contribution in [2.75, 3.05) is 19.6 Å². The Labute approximate surface area is 191 Å². The zero-order valence-corrected chi connectivity index (χ0v) is 19.1. The quantitative estimate of drug-likeness (QED) is 0.614. The monoisotopic (exact) mass is 437 g/mol. The fraction of sp³-hybridized carbons (Fsp3) is 0.462. The van der Waals surface area contributed by atoms with E-state index in [2.05, 4.69) is 29.4 Å². The van der Waals surface area contributed by atoms with Crippen molar-refractivity contribution in [3.63, 3.8) is 0 Å². The predicted molar refractivity (Wildman–Crippen MR) is 126 cm³/mol. The number of likely N-dealkylation sites (tertiary alicyclic amines) is 1. The van der Waals surface area contributed by atoms with Crippen LogP contribution in [0, 0.1) is 5.92 Å². The second-order valence-electron chi connectivity index (χ2n) is 8.70. The molecule has 2 aromatic carbocycles. The number of amides is 2. The van der Waals surface area contributed by atoms with Crippen LogP contribution in [0.2, 0.25) is 0 Å². The maximum absolute atomic E-state index is 12.9. The molecular weight excluding hydrogens is 402 g/mol. The third-order valence-corrected chi connectivity index (χ3v) is 6.10. The van der Waals surface area contributed by atoms with Gasteiger partial charge in [-0.3, -0.25) is 4.79 Å². The first-order valence-electron chi connectivity index (χ1n) is 11.6. The summed E-state index contributed by atoms with van der Waals surface area (Å²) in [6.07, 6.45) is 2.68. The van der Waals surface area contributed by atoms with Crippen LogP contribution in [0.25, 0.3) is 0 Å². The molecule has 1 aliphatic rings. The molecule has 3 rings (SSSR count). The second kappa shape index (κ2) is 12.2. The second-order valence-corrected chi connectivity index (χ2v) is 8.70. The van der Waals surface area contributed by atoms with Crippen molar-refractivity contribution in [1.29, 1.82) is 0 Å². The van der Waals surface area contributed by atoms with Gasteiger partial charge in [0.05, 0.1) is 0 Å². The highest BCUT2D eigenvalue weighted by Gasteiger charge is 2.24. The van der Waals surface area contributed by atoms with Crippen LogP contribution in [-0.2, 0) is 16.1 Å². The Morgan fingerprint density at radius 1 is 1.00 bits per heavy atom. The van der Waals surface area contributed by atoms with Gasteiger partial charge in [-0.15, -0.1) is 0 Å². The van der Waals surface area contributed by atoms with E-state index >= 15 is 0 Å². The molecule has 6 heteroatoms. The number of nitrogens with zero attached hydrogens (tertiary/aromatic N) is 1. The Bertz CT molecular complexity index is 834. The molecule has 0 aliphatic carbocycles. The van der Waals surface area contributed by atoms with Crippen molar-refractivity contribution in [2.45, 2.75) is 51.8 Å². The standard InChI is InChI=1S/C26H35N3O3/c1-20(2)29-17-14-21(15-18-29)13-16-27-25(30)24(23-11-7-4-8-12-23)28-26(31)32-19-22-9-5-3-6-10-22/h3-12,20-21,24H,13-19H2,1-2H3,(H,27,30)(H,28,31)/t24-/m1/s1. The number of benzene rings is 2. The van der Waals surface area contributed by atoms with Crippen LogP contribution in [0.3, 0.4) is 0 Å². The van der Waals surface area contributed by atoms with Gasteiger partial charge in [-0.05, 0) is 63.2 Å². The van der Waals surface area contributed by atoms with Crippen molar-refractivity contribution < 1.29 is 14.3 Å². The smallest absolute Gasteiger partial charge is 0.408 e. The normalized spacial score (nSPS) is 15.8. The molecule has 172 valence electrons. The van der Waals surface area contributed by atoms with Crippen molar-refractivity contribution in [2.24, 2.45) is 5.92 Å². The highest BCUT2D eigenvalue weighted by molar-refractivity contribution is 5.86. The number of nitrogens with one attached hydrogen (secondary N) is 2. The fourth-order valence-corrected chi connectivity index (χ4v) is 4.09. The topological polar surface area (TPSA) is 70.7 Å². The molecule has 2 aromatic rings. The lowest BCUT2D eigenvalue weighted by atomic mass is 9.93. The van der Waals surface area contributed by atoms with Gasteiger partial charge in [0, 0.05) is 12.6 Å². The van der Waals surface area contributed by atoms with E-state index in [0.717, 1.165) is 30.6 Å². The summed E-state index contributed by atoms with van der Waals surface area (Å²) < 4.78 is 5.32. The first kappa shape index (κ1) is 23.8. The third-order valence-electron chi connectivity index (χ3n) is 6.10. The van der Waals surface area contributed by atoms with E-state index in [1.165, 1.54) is 12.8 Å². The third kappa shape index (κ3) is 7.38. The molecule has 0 unspecified atom stereocenters. The Balaban J connectivity index is 1.50. The van der Waals surface area contributed by atoms with Crippen LogP contribution in [0.5, 0.6) is 0 Å². The summed E-state index contributed by atoms with van der Waals surface area (Å²) in [6, 6.07) is 18.5. The summed E-state index contributed by atoms with van der Waals surface area (Å²) in [7, 11) is 0. The minimum atomic E-state index is -0.790. The molecule has 2 amide bonds. The summed E-state index contributed by atoms with van der Waals surface area (Å²) in [5.41, 5.74) is 1.62. The lowest BCUT2D eigenvalue weighted by Gasteiger charge is -2.34. The minimum absolute atomic E-state index is 0.158. The van der Waals surface area contributed by atoms with Crippen molar-refractivity contribution in [1.82, 2.24) is 15.5 Å². The van der Waals surface area contributed by atoms with E-state index in [0.29, 0.717) is 18.5 Å². The highest BCUT2D eigenvalue weighted by atomic mass is 16.5. The molecule has 0 aromatic heterocycles. The fourth-order valence-electron chi connectivity index (χ4n) is 4.09. The summed E-state index contributed by atoms with van der Waals surface area (Å²) in [4.78, 5) is 27.8. The van der Waals surface area contributed by atoms with Crippen molar-refractivity contribution >= 4 is 12.0 Å². The van der Waals surface area contributed by atoms with E-state index in [-0.39, 0.29) is 12.5 Å². The Morgan fingerprint density at radius 3 is 2.25 bits per heavy atom. The minimum Gasteiger partial charge on any atom is -0.445 e. The summed E-state index contributed by atoms with van der Waals surface area (Å²) in [5.74, 6) is 0.414. The first-order chi connectivity index (χ1) is 15.5. The van der Waals surface area contributed by atoms with Crippen molar-refractivity contribution in [3.8, 4) is 0 Å². The lowest BCUT2D eigenvalue weighted by molar-refractivity contribution is -0.123. The zero-order valence-electron chi connectivity index (χ0n) is 19.1. The van der Waals surface area contributed by atoms with Gasteiger partial charge in [0.15, 0.2) is 0 Å². The first-order valence-corrected chi connectivity index (χ1v) is 11.6. The maximum Gasteiger partial charge on any atom is 0.408 e.